The molecule has 0 aliphatic heterocycles. The number of aromatic nitrogens is 5. The van der Waals surface area contributed by atoms with Crippen molar-refractivity contribution in [2.75, 3.05) is 0 Å². The van der Waals surface area contributed by atoms with Gasteiger partial charge in [-0.3, -0.25) is 4.57 Å². The molecule has 3 heterocycles. The summed E-state index contributed by atoms with van der Waals surface area (Å²) >= 11 is 0. The molecule has 0 bridgehead atoms. The summed E-state index contributed by atoms with van der Waals surface area (Å²) in [4.78, 5) is 13.3. The Hall–Kier alpha value is -7.63. The van der Waals surface area contributed by atoms with Gasteiger partial charge in [0.15, 0.2) is 11.6 Å². The molecule has 0 spiro atoms. The second-order valence-electron chi connectivity index (χ2n) is 11.6. The lowest BCUT2D eigenvalue weighted by molar-refractivity contribution is 0.953. The lowest BCUT2D eigenvalue weighted by Gasteiger charge is -2.12. The van der Waals surface area contributed by atoms with Gasteiger partial charge in [-0.1, -0.05) is 157 Å². The third-order valence-corrected chi connectivity index (χ3v) is 8.56. The van der Waals surface area contributed by atoms with Crippen LogP contribution in [0.5, 0.6) is 0 Å². The molecule has 11 aromatic rings. The SMILES string of the molecule is [2H]c1cc2c3c4c5c([2H])c([2H])c([2H])c([2H])c5n(-c5nc(-c6c([2H])c([2H])c([2H])c([2H])c6[2H])nc(-c6c([2H])c([2H])c([2H])c(-c7c([2H])c([2H])c([2H])c([2H])c7[2H])c6[2H])n5)c4c([2H])c([2H])c3n(-c3c([2H])c([2H])c([2H])c(-c4c([2H])c([2H])c([2H])c([2H])c4[2H])c3[2H])c2c([2H])c1[2H]. The van der Waals surface area contributed by atoms with E-state index in [0.29, 0.717) is 0 Å². The molecule has 0 fully saturated rings. The molecule has 0 N–H and O–H groups in total. The highest BCUT2D eigenvalue weighted by atomic mass is 15.2. The molecule has 0 unspecified atom stereocenters. The quantitative estimate of drug-likeness (QED) is 0.170. The van der Waals surface area contributed by atoms with Crippen molar-refractivity contribution in [2.24, 2.45) is 0 Å². The van der Waals surface area contributed by atoms with Gasteiger partial charge < -0.3 is 4.57 Å². The van der Waals surface area contributed by atoms with E-state index in [-0.39, 0.29) is 5.39 Å². The van der Waals surface area contributed by atoms with E-state index in [0.717, 1.165) is 15.2 Å². The van der Waals surface area contributed by atoms with Gasteiger partial charge in [0.05, 0.1) is 65.9 Å². The van der Waals surface area contributed by atoms with Gasteiger partial charge >= 0.3 is 0 Å². The molecule has 0 radical (unpaired) electrons. The second-order valence-corrected chi connectivity index (χ2v) is 11.6. The third kappa shape index (κ3) is 5.21. The third-order valence-electron chi connectivity index (χ3n) is 8.56. The van der Waals surface area contributed by atoms with Crippen molar-refractivity contribution in [1.82, 2.24) is 24.1 Å². The molecule has 0 atom stereocenters. The zero-order valence-corrected chi connectivity index (χ0v) is 27.8. The zero-order chi connectivity index (χ0) is 64.9. The minimum atomic E-state index is -1.06. The molecule has 0 saturated carbocycles. The number of rotatable bonds is 6. The first-order chi connectivity index (χ1) is 41.1. The van der Waals surface area contributed by atoms with E-state index in [9.17, 15) is 12.3 Å². The summed E-state index contributed by atoms with van der Waals surface area (Å²) < 4.78 is 288. The average Bonchev–Trinajstić information content (AvgIpc) is 1.44. The van der Waals surface area contributed by atoms with Crippen LogP contribution in [-0.4, -0.2) is 24.1 Å². The summed E-state index contributed by atoms with van der Waals surface area (Å²) in [7, 11) is 0. The Morgan fingerprint density at radius 3 is 1.55 bits per heavy atom. The number of fused-ring (bicyclic) bond motifs is 7. The summed E-state index contributed by atoms with van der Waals surface area (Å²) in [6.45, 7) is 0. The Morgan fingerprint density at radius 1 is 0.339 bits per heavy atom. The number of nitrogens with zero attached hydrogens (tertiary/aromatic N) is 5. The fraction of sp³-hybridized carbons (Fsp3) is 0. The molecule has 0 aliphatic rings. The minimum Gasteiger partial charge on any atom is -0.309 e. The van der Waals surface area contributed by atoms with Gasteiger partial charge in [-0.15, -0.1) is 0 Å². The van der Waals surface area contributed by atoms with Crippen LogP contribution in [0.15, 0.2) is 199 Å². The maximum absolute atomic E-state index is 10.00. The maximum Gasteiger partial charge on any atom is 0.238 e. The fourth-order valence-electron chi connectivity index (χ4n) is 6.28. The van der Waals surface area contributed by atoms with Crippen LogP contribution in [0.1, 0.15) is 43.9 Å². The van der Waals surface area contributed by atoms with Crippen molar-refractivity contribution in [3.8, 4) is 56.7 Å². The van der Waals surface area contributed by atoms with Crippen LogP contribution in [0, 0.1) is 0 Å². The van der Waals surface area contributed by atoms with Crippen molar-refractivity contribution in [3.63, 3.8) is 0 Å². The highest BCUT2D eigenvalue weighted by molar-refractivity contribution is 6.28. The Labute approximate surface area is 368 Å². The smallest absolute Gasteiger partial charge is 0.238 e. The molecule has 3 aromatic heterocycles. The van der Waals surface area contributed by atoms with Gasteiger partial charge in [0.25, 0.3) is 0 Å². The van der Waals surface area contributed by atoms with Gasteiger partial charge in [0, 0.05) is 38.4 Å². The molecular formula is C51H33N5. The monoisotopic (exact) mass is 747 g/mol. The first-order valence-electron chi connectivity index (χ1n) is 32.3. The van der Waals surface area contributed by atoms with Crippen LogP contribution in [-0.2, 0) is 0 Å². The lowest BCUT2D eigenvalue weighted by Crippen LogP contribution is -2.06. The van der Waals surface area contributed by atoms with Gasteiger partial charge in [0.1, 0.15) is 0 Å². The van der Waals surface area contributed by atoms with Crippen molar-refractivity contribution in [1.29, 1.82) is 0 Å². The van der Waals surface area contributed by atoms with E-state index in [1.165, 1.54) is 0 Å². The van der Waals surface area contributed by atoms with Crippen LogP contribution in [0.4, 0.5) is 0 Å². The van der Waals surface area contributed by atoms with Crippen LogP contribution in [0.3, 0.4) is 0 Å². The Bertz CT molecular complexity index is 5040. The predicted molar refractivity (Wildman–Crippen MR) is 230 cm³/mol. The van der Waals surface area contributed by atoms with Crippen molar-refractivity contribution in [3.05, 3.63) is 199 Å². The summed E-state index contributed by atoms with van der Waals surface area (Å²) in [6.07, 6.45) is 0. The van der Waals surface area contributed by atoms with Crippen LogP contribution in [0.25, 0.3) is 100 Å². The van der Waals surface area contributed by atoms with Gasteiger partial charge in [-0.25, -0.2) is 4.98 Å². The molecule has 0 aliphatic carbocycles. The van der Waals surface area contributed by atoms with Crippen LogP contribution >= 0.6 is 0 Å². The van der Waals surface area contributed by atoms with E-state index in [1.807, 2.05) is 0 Å². The van der Waals surface area contributed by atoms with E-state index >= 15 is 0 Å². The Morgan fingerprint density at radius 2 is 0.839 bits per heavy atom. The van der Waals surface area contributed by atoms with E-state index in [4.69, 9.17) is 31.5 Å². The van der Waals surface area contributed by atoms with Crippen molar-refractivity contribution in [2.45, 2.75) is 0 Å². The molecule has 8 aromatic carbocycles. The highest BCUT2D eigenvalue weighted by Crippen LogP contribution is 2.42. The normalized spacial score (nSPS) is 19.6. The maximum atomic E-state index is 10.00. The van der Waals surface area contributed by atoms with E-state index in [2.05, 4.69) is 15.0 Å². The molecule has 11 rings (SSSR count). The molecule has 56 heavy (non-hydrogen) atoms. The average molecular weight is 748 g/mol. The highest BCUT2D eigenvalue weighted by Gasteiger charge is 2.22. The lowest BCUT2D eigenvalue weighted by atomic mass is 10.0. The summed E-state index contributed by atoms with van der Waals surface area (Å²) in [5.74, 6) is -2.87. The molecule has 0 amide bonds. The number of para-hydroxylation sites is 2. The summed E-state index contributed by atoms with van der Waals surface area (Å²) in [6, 6.07) is -29.6. The largest absolute Gasteiger partial charge is 0.309 e. The van der Waals surface area contributed by atoms with Gasteiger partial charge in [0.2, 0.25) is 5.95 Å². The molecule has 262 valence electrons. The molecule has 0 saturated heterocycles. The summed E-state index contributed by atoms with van der Waals surface area (Å²) in [5.41, 5.74) is -8.38. The number of benzene rings is 8. The topological polar surface area (TPSA) is 48.5 Å². The second kappa shape index (κ2) is 13.0. The van der Waals surface area contributed by atoms with E-state index < -0.39 is 288 Å². The standard InChI is InChI=1S/C51H33N5/c1-4-16-34(17-5-1)37-22-14-24-39(32-37)50-52-49(36-20-8-3-9-21-36)53-51(54-50)56-44-29-13-11-27-42(44)48-46(56)31-30-45-47(48)41-26-10-12-28-43(41)55(45)40-25-15-23-38(33-40)35-18-6-2-7-19-35/h1-33H/i1D,2D,3D,4D,5D,6D,7D,8D,9D,10D,11D,12D,13D,14D,15D,16D,17D,18D,19D,20D,21D,22D,23D,24D,25D,27D,28D,29D,30D,31D,32D,33D. The van der Waals surface area contributed by atoms with E-state index in [1.54, 1.807) is 0 Å². The van der Waals surface area contributed by atoms with Crippen LogP contribution < -0.4 is 0 Å². The molecule has 5 nitrogen and oxygen atoms in total. The first kappa shape index (κ1) is 13.3. The van der Waals surface area contributed by atoms with Gasteiger partial charge in [-0.05, 0) is 64.6 Å². The Kier molecular flexibility index (Phi) is 3.10. The first-order valence-corrected chi connectivity index (χ1v) is 16.3. The van der Waals surface area contributed by atoms with Crippen LogP contribution in [0.2, 0.25) is 0 Å². The zero-order valence-electron chi connectivity index (χ0n) is 59.8. The minimum absolute atomic E-state index is 0.372. The molecule has 5 heteroatoms. The van der Waals surface area contributed by atoms with Gasteiger partial charge in [-0.2, -0.15) is 9.97 Å². The number of hydrogen-bond acceptors (Lipinski definition) is 3. The fourth-order valence-corrected chi connectivity index (χ4v) is 6.28. The van der Waals surface area contributed by atoms with Crippen molar-refractivity contribution < 1.29 is 43.9 Å². The molecular weight excluding hydrogens is 683 g/mol. The van der Waals surface area contributed by atoms with Crippen molar-refractivity contribution >= 4 is 43.6 Å². The number of hydrogen-bond donors (Lipinski definition) is 0. The Balaban J connectivity index is 1.39. The predicted octanol–water partition coefficient (Wildman–Crippen LogP) is 12.7. The summed E-state index contributed by atoms with van der Waals surface area (Å²) in [5, 5.41) is -1.91.